The highest BCUT2D eigenvalue weighted by atomic mass is 79.9. The number of fused-ring (bicyclic) bond motifs is 1. The number of aromatic nitrogens is 1. The van der Waals surface area contributed by atoms with Crippen LogP contribution in [-0.2, 0) is 16.1 Å². The summed E-state index contributed by atoms with van der Waals surface area (Å²) in [4.78, 5) is 19.6. The average molecular weight is 519 g/mol. The summed E-state index contributed by atoms with van der Waals surface area (Å²) < 4.78 is 12.1. The number of methoxy groups -OCH3 is 1. The predicted molar refractivity (Wildman–Crippen MR) is 138 cm³/mol. The lowest BCUT2D eigenvalue weighted by molar-refractivity contribution is -0.145. The number of nitrogens with zero attached hydrogens (tertiary/aromatic N) is 2. The van der Waals surface area contributed by atoms with Crippen molar-refractivity contribution in [1.29, 1.82) is 0 Å². The molecule has 4 aromatic rings. The van der Waals surface area contributed by atoms with Gasteiger partial charge in [0.05, 0.1) is 31.8 Å². The molecule has 34 heavy (non-hydrogen) atoms. The molecule has 1 aromatic heterocycles. The minimum absolute atomic E-state index is 0.127. The Balaban J connectivity index is 1.89. The molecule has 1 unspecified atom stereocenters. The Morgan fingerprint density at radius 3 is 2.38 bits per heavy atom. The fraction of sp³-hybridized carbons (Fsp3) is 0.214. The number of pyridine rings is 1. The zero-order valence-electron chi connectivity index (χ0n) is 19.3. The molecule has 0 aliphatic heterocycles. The second-order valence-corrected chi connectivity index (χ2v) is 8.85. The van der Waals surface area contributed by atoms with Crippen LogP contribution >= 0.6 is 15.9 Å². The molecule has 1 heterocycles. The highest BCUT2D eigenvalue weighted by Gasteiger charge is 2.29. The van der Waals surface area contributed by atoms with Crippen LogP contribution in [0, 0.1) is 0 Å². The first-order valence-electron chi connectivity index (χ1n) is 11.2. The lowest BCUT2D eigenvalue weighted by atomic mass is 9.95. The Morgan fingerprint density at radius 1 is 1.00 bits per heavy atom. The summed E-state index contributed by atoms with van der Waals surface area (Å²) in [5.74, 6) is 0.264. The van der Waals surface area contributed by atoms with E-state index in [1.165, 1.54) is 0 Å². The first-order chi connectivity index (χ1) is 16.6. The van der Waals surface area contributed by atoms with Crippen molar-refractivity contribution in [3.63, 3.8) is 0 Å². The molecule has 0 bridgehead atoms. The zero-order valence-corrected chi connectivity index (χ0v) is 20.9. The Morgan fingerprint density at radius 2 is 1.71 bits per heavy atom. The van der Waals surface area contributed by atoms with E-state index in [1.54, 1.807) is 7.11 Å². The lowest BCUT2D eigenvalue weighted by Gasteiger charge is -2.32. The zero-order chi connectivity index (χ0) is 23.9. The molecule has 4 rings (SSSR count). The number of esters is 1. The summed E-state index contributed by atoms with van der Waals surface area (Å²) in [5, 5.41) is 0.988. The summed E-state index contributed by atoms with van der Waals surface area (Å²) in [7, 11) is 1.63. The molecule has 0 saturated carbocycles. The van der Waals surface area contributed by atoms with Crippen LogP contribution in [0.1, 0.15) is 29.7 Å². The van der Waals surface area contributed by atoms with Gasteiger partial charge in [-0.25, -0.2) is 4.98 Å². The smallest absolute Gasteiger partial charge is 0.320 e. The third kappa shape index (κ3) is 5.64. The number of carbonyl (C=O) groups excluding carboxylic acids is 1. The maximum atomic E-state index is 12.7. The van der Waals surface area contributed by atoms with Gasteiger partial charge in [0.25, 0.3) is 0 Å². The number of benzene rings is 3. The maximum absolute atomic E-state index is 12.7. The molecule has 174 valence electrons. The van der Waals surface area contributed by atoms with E-state index in [4.69, 9.17) is 14.5 Å². The molecule has 5 nitrogen and oxygen atoms in total. The molecular formula is C28H27BrN2O3. The van der Waals surface area contributed by atoms with Crippen molar-refractivity contribution in [2.75, 3.05) is 20.3 Å². The topological polar surface area (TPSA) is 51.7 Å². The summed E-state index contributed by atoms with van der Waals surface area (Å²) in [6.45, 7) is 2.84. The van der Waals surface area contributed by atoms with Crippen molar-refractivity contribution >= 4 is 32.8 Å². The van der Waals surface area contributed by atoms with Crippen LogP contribution in [0.15, 0.2) is 89.4 Å². The van der Waals surface area contributed by atoms with Gasteiger partial charge in [0.2, 0.25) is 5.88 Å². The molecule has 0 aliphatic rings. The van der Waals surface area contributed by atoms with Gasteiger partial charge in [-0.05, 0) is 42.3 Å². The quantitative estimate of drug-likeness (QED) is 0.248. The number of ether oxygens (including phenoxy) is 2. The van der Waals surface area contributed by atoms with Gasteiger partial charge in [-0.3, -0.25) is 9.69 Å². The van der Waals surface area contributed by atoms with E-state index in [1.807, 2.05) is 61.5 Å². The van der Waals surface area contributed by atoms with Crippen molar-refractivity contribution in [2.24, 2.45) is 0 Å². The standard InChI is InChI=1S/C28H27BrN2O3/c1-3-34-26(32)19-31(18-20-10-6-4-7-11-20)27(21-12-8-5-9-13-21)24-17-22-16-23(29)14-15-25(22)30-28(24)33-2/h4-17,27H,3,18-19H2,1-2H3. The summed E-state index contributed by atoms with van der Waals surface area (Å²) >= 11 is 3.57. The van der Waals surface area contributed by atoms with Gasteiger partial charge in [0, 0.05) is 22.0 Å². The van der Waals surface area contributed by atoms with E-state index in [-0.39, 0.29) is 18.6 Å². The molecule has 0 radical (unpaired) electrons. The fourth-order valence-electron chi connectivity index (χ4n) is 4.16. The van der Waals surface area contributed by atoms with Crippen LogP contribution in [0.4, 0.5) is 0 Å². The van der Waals surface area contributed by atoms with Crippen LogP contribution in [0.3, 0.4) is 0 Å². The first kappa shape index (κ1) is 23.9. The number of carbonyl (C=O) groups is 1. The fourth-order valence-corrected chi connectivity index (χ4v) is 4.54. The van der Waals surface area contributed by atoms with Gasteiger partial charge >= 0.3 is 5.97 Å². The number of hydrogen-bond acceptors (Lipinski definition) is 5. The van der Waals surface area contributed by atoms with Crippen molar-refractivity contribution in [3.8, 4) is 5.88 Å². The van der Waals surface area contributed by atoms with Crippen LogP contribution in [0.2, 0.25) is 0 Å². The second kappa shape index (κ2) is 11.3. The minimum atomic E-state index is -0.281. The molecule has 0 saturated heterocycles. The van der Waals surface area contributed by atoms with Gasteiger partial charge in [0.1, 0.15) is 0 Å². The van der Waals surface area contributed by atoms with Gasteiger partial charge in [-0.2, -0.15) is 0 Å². The van der Waals surface area contributed by atoms with E-state index in [0.29, 0.717) is 19.0 Å². The molecule has 0 spiro atoms. The predicted octanol–water partition coefficient (Wildman–Crippen LogP) is 6.16. The van der Waals surface area contributed by atoms with E-state index in [0.717, 1.165) is 32.1 Å². The second-order valence-electron chi connectivity index (χ2n) is 7.93. The van der Waals surface area contributed by atoms with Crippen molar-refractivity contribution in [1.82, 2.24) is 9.88 Å². The number of rotatable bonds is 9. The number of hydrogen-bond donors (Lipinski definition) is 0. The van der Waals surface area contributed by atoms with Crippen LogP contribution < -0.4 is 4.74 Å². The summed E-state index contributed by atoms with van der Waals surface area (Å²) in [5.41, 5.74) is 3.87. The SMILES string of the molecule is CCOC(=O)CN(Cc1ccccc1)C(c1ccccc1)c1cc2cc(Br)ccc2nc1OC. The van der Waals surface area contributed by atoms with Crippen LogP contribution in [-0.4, -0.2) is 36.1 Å². The highest BCUT2D eigenvalue weighted by Crippen LogP contribution is 2.37. The van der Waals surface area contributed by atoms with Gasteiger partial charge in [0.15, 0.2) is 0 Å². The van der Waals surface area contributed by atoms with Crippen molar-refractivity contribution in [3.05, 3.63) is 106 Å². The van der Waals surface area contributed by atoms with E-state index < -0.39 is 0 Å². The number of halogens is 1. The van der Waals surface area contributed by atoms with E-state index in [9.17, 15) is 4.79 Å². The van der Waals surface area contributed by atoms with Crippen molar-refractivity contribution < 1.29 is 14.3 Å². The Hall–Kier alpha value is -3.22. The normalized spacial score (nSPS) is 12.0. The average Bonchev–Trinajstić information content (AvgIpc) is 2.85. The van der Waals surface area contributed by atoms with Crippen LogP contribution in [0.25, 0.3) is 10.9 Å². The summed E-state index contributed by atoms with van der Waals surface area (Å²) in [6.07, 6.45) is 0. The monoisotopic (exact) mass is 518 g/mol. The third-order valence-electron chi connectivity index (χ3n) is 5.60. The van der Waals surface area contributed by atoms with Gasteiger partial charge < -0.3 is 9.47 Å². The third-order valence-corrected chi connectivity index (χ3v) is 6.10. The van der Waals surface area contributed by atoms with Crippen LogP contribution in [0.5, 0.6) is 5.88 Å². The largest absolute Gasteiger partial charge is 0.481 e. The maximum Gasteiger partial charge on any atom is 0.320 e. The lowest BCUT2D eigenvalue weighted by Crippen LogP contribution is -2.35. The molecule has 0 aliphatic carbocycles. The molecule has 6 heteroatoms. The Kier molecular flexibility index (Phi) is 7.93. The Bertz CT molecular complexity index is 1250. The van der Waals surface area contributed by atoms with E-state index in [2.05, 4.69) is 51.2 Å². The van der Waals surface area contributed by atoms with Gasteiger partial charge in [-0.1, -0.05) is 76.6 Å². The molecule has 3 aromatic carbocycles. The van der Waals surface area contributed by atoms with E-state index >= 15 is 0 Å². The first-order valence-corrected chi connectivity index (χ1v) is 12.0. The Labute approximate surface area is 208 Å². The van der Waals surface area contributed by atoms with Crippen molar-refractivity contribution in [2.45, 2.75) is 19.5 Å². The molecule has 0 amide bonds. The minimum Gasteiger partial charge on any atom is -0.481 e. The summed E-state index contributed by atoms with van der Waals surface area (Å²) in [6, 6.07) is 28.0. The molecule has 1 atom stereocenters. The highest BCUT2D eigenvalue weighted by molar-refractivity contribution is 9.10. The molecule has 0 N–H and O–H groups in total. The molecular weight excluding hydrogens is 492 g/mol. The van der Waals surface area contributed by atoms with Gasteiger partial charge in [-0.15, -0.1) is 0 Å². The molecule has 0 fully saturated rings.